The summed E-state index contributed by atoms with van der Waals surface area (Å²) < 4.78 is 0. The summed E-state index contributed by atoms with van der Waals surface area (Å²) in [5.41, 5.74) is 0.661. The van der Waals surface area contributed by atoms with Crippen LogP contribution >= 0.6 is 0 Å². The van der Waals surface area contributed by atoms with Crippen molar-refractivity contribution in [2.45, 2.75) is 47.5 Å². The van der Waals surface area contributed by atoms with E-state index in [1.807, 2.05) is 0 Å². The SMILES string of the molecule is CC(C)C(C)C1(C)CC[C@@H]1C. The third-order valence-corrected chi connectivity index (χ3v) is 4.28. The molecule has 0 heterocycles. The van der Waals surface area contributed by atoms with Gasteiger partial charge >= 0.3 is 0 Å². The molecule has 1 aliphatic carbocycles. The first-order chi connectivity index (χ1) is 4.98. The van der Waals surface area contributed by atoms with Gasteiger partial charge in [-0.1, -0.05) is 34.6 Å². The number of rotatable bonds is 2. The monoisotopic (exact) mass is 154 g/mol. The lowest BCUT2D eigenvalue weighted by Gasteiger charge is -2.51. The van der Waals surface area contributed by atoms with Crippen LogP contribution in [0.2, 0.25) is 0 Å². The normalized spacial score (nSPS) is 40.4. The molecule has 0 bridgehead atoms. The summed E-state index contributed by atoms with van der Waals surface area (Å²) in [6.45, 7) is 12.0. The summed E-state index contributed by atoms with van der Waals surface area (Å²) >= 11 is 0. The van der Waals surface area contributed by atoms with Crippen LogP contribution in [0.3, 0.4) is 0 Å². The predicted octanol–water partition coefficient (Wildman–Crippen LogP) is 3.71. The molecule has 2 unspecified atom stereocenters. The van der Waals surface area contributed by atoms with Crippen LogP contribution < -0.4 is 0 Å². The second-order valence-electron chi connectivity index (χ2n) is 4.98. The summed E-state index contributed by atoms with van der Waals surface area (Å²) in [4.78, 5) is 0. The highest BCUT2D eigenvalue weighted by Crippen LogP contribution is 2.53. The molecule has 0 N–H and O–H groups in total. The molecule has 66 valence electrons. The Labute approximate surface area is 71.4 Å². The van der Waals surface area contributed by atoms with Crippen LogP contribution in [0.25, 0.3) is 0 Å². The van der Waals surface area contributed by atoms with Crippen molar-refractivity contribution in [2.24, 2.45) is 23.2 Å². The quantitative estimate of drug-likeness (QED) is 0.568. The van der Waals surface area contributed by atoms with E-state index in [2.05, 4.69) is 34.6 Å². The van der Waals surface area contributed by atoms with Gasteiger partial charge in [0.1, 0.15) is 0 Å². The Balaban J connectivity index is 2.58. The highest BCUT2D eigenvalue weighted by atomic mass is 14.5. The van der Waals surface area contributed by atoms with Gasteiger partial charge in [-0.2, -0.15) is 0 Å². The van der Waals surface area contributed by atoms with Crippen molar-refractivity contribution in [1.29, 1.82) is 0 Å². The van der Waals surface area contributed by atoms with Crippen molar-refractivity contribution in [3.05, 3.63) is 0 Å². The van der Waals surface area contributed by atoms with Crippen LogP contribution in [0.4, 0.5) is 0 Å². The summed E-state index contributed by atoms with van der Waals surface area (Å²) in [6, 6.07) is 0. The minimum atomic E-state index is 0.661. The van der Waals surface area contributed by atoms with E-state index in [0.29, 0.717) is 5.41 Å². The zero-order valence-electron chi connectivity index (χ0n) is 8.65. The molecule has 1 fully saturated rings. The maximum absolute atomic E-state index is 2.46. The van der Waals surface area contributed by atoms with Crippen molar-refractivity contribution in [3.8, 4) is 0 Å². The highest BCUT2D eigenvalue weighted by Gasteiger charge is 2.44. The molecule has 0 heteroatoms. The predicted molar refractivity (Wildman–Crippen MR) is 50.5 cm³/mol. The van der Waals surface area contributed by atoms with Crippen LogP contribution in [0, 0.1) is 23.2 Å². The lowest BCUT2D eigenvalue weighted by molar-refractivity contribution is -0.0149. The lowest BCUT2D eigenvalue weighted by Crippen LogP contribution is -2.42. The minimum absolute atomic E-state index is 0.661. The Morgan fingerprint density at radius 2 is 1.82 bits per heavy atom. The molecule has 11 heavy (non-hydrogen) atoms. The van der Waals surface area contributed by atoms with Gasteiger partial charge in [0.25, 0.3) is 0 Å². The first-order valence-electron chi connectivity index (χ1n) is 4.98. The summed E-state index contributed by atoms with van der Waals surface area (Å²) in [6.07, 6.45) is 2.90. The van der Waals surface area contributed by atoms with Gasteiger partial charge in [0.15, 0.2) is 0 Å². The van der Waals surface area contributed by atoms with E-state index in [0.717, 1.165) is 17.8 Å². The molecule has 0 saturated heterocycles. The summed E-state index contributed by atoms with van der Waals surface area (Å²) in [5.74, 6) is 2.70. The van der Waals surface area contributed by atoms with Crippen molar-refractivity contribution < 1.29 is 0 Å². The topological polar surface area (TPSA) is 0 Å². The summed E-state index contributed by atoms with van der Waals surface area (Å²) in [7, 11) is 0. The van der Waals surface area contributed by atoms with Gasteiger partial charge in [-0.25, -0.2) is 0 Å². The van der Waals surface area contributed by atoms with Gasteiger partial charge in [0.2, 0.25) is 0 Å². The maximum Gasteiger partial charge on any atom is -0.0272 e. The van der Waals surface area contributed by atoms with E-state index >= 15 is 0 Å². The Bertz CT molecular complexity index is 137. The second-order valence-corrected chi connectivity index (χ2v) is 4.98. The average Bonchev–Trinajstić information content (AvgIpc) is 1.98. The van der Waals surface area contributed by atoms with Crippen LogP contribution in [0.15, 0.2) is 0 Å². The fraction of sp³-hybridized carbons (Fsp3) is 1.00. The first-order valence-corrected chi connectivity index (χ1v) is 4.98. The van der Waals surface area contributed by atoms with Crippen LogP contribution in [0.1, 0.15) is 47.5 Å². The average molecular weight is 154 g/mol. The maximum atomic E-state index is 2.46. The van der Waals surface area contributed by atoms with E-state index in [1.54, 1.807) is 0 Å². The molecule has 0 amide bonds. The standard InChI is InChI=1S/C11H22/c1-8(2)10(4)11(5)7-6-9(11)3/h8-10H,6-7H2,1-5H3/t9-,10?,11?/m0/s1. The van der Waals surface area contributed by atoms with Crippen LogP contribution in [-0.4, -0.2) is 0 Å². The molecule has 0 aliphatic heterocycles. The summed E-state index contributed by atoms with van der Waals surface area (Å²) in [5, 5.41) is 0. The molecule has 0 nitrogen and oxygen atoms in total. The minimum Gasteiger partial charge on any atom is -0.0625 e. The fourth-order valence-corrected chi connectivity index (χ4v) is 2.33. The zero-order chi connectivity index (χ0) is 8.65. The first kappa shape index (κ1) is 9.09. The molecule has 0 radical (unpaired) electrons. The third-order valence-electron chi connectivity index (χ3n) is 4.28. The van der Waals surface area contributed by atoms with E-state index < -0.39 is 0 Å². The fourth-order valence-electron chi connectivity index (χ4n) is 2.33. The Morgan fingerprint density at radius 3 is 1.91 bits per heavy atom. The Kier molecular flexibility index (Phi) is 2.32. The van der Waals surface area contributed by atoms with Crippen molar-refractivity contribution >= 4 is 0 Å². The molecule has 1 saturated carbocycles. The lowest BCUT2D eigenvalue weighted by atomic mass is 9.54. The van der Waals surface area contributed by atoms with E-state index in [4.69, 9.17) is 0 Å². The van der Waals surface area contributed by atoms with Crippen LogP contribution in [-0.2, 0) is 0 Å². The molecule has 0 spiro atoms. The van der Waals surface area contributed by atoms with E-state index in [1.165, 1.54) is 12.8 Å². The second kappa shape index (κ2) is 2.80. The van der Waals surface area contributed by atoms with Gasteiger partial charge in [0, 0.05) is 0 Å². The molecular weight excluding hydrogens is 132 g/mol. The Hall–Kier alpha value is 0. The van der Waals surface area contributed by atoms with Crippen molar-refractivity contribution in [3.63, 3.8) is 0 Å². The smallest absolute Gasteiger partial charge is 0.0272 e. The van der Waals surface area contributed by atoms with E-state index in [9.17, 15) is 0 Å². The van der Waals surface area contributed by atoms with Gasteiger partial charge in [-0.05, 0) is 36.0 Å². The molecule has 0 aromatic heterocycles. The molecule has 3 atom stereocenters. The molecular formula is C11H22. The Morgan fingerprint density at radius 1 is 1.27 bits per heavy atom. The molecule has 0 aromatic carbocycles. The van der Waals surface area contributed by atoms with Gasteiger partial charge in [0.05, 0.1) is 0 Å². The van der Waals surface area contributed by atoms with E-state index in [-0.39, 0.29) is 0 Å². The van der Waals surface area contributed by atoms with Gasteiger partial charge < -0.3 is 0 Å². The number of hydrogen-bond donors (Lipinski definition) is 0. The number of hydrogen-bond acceptors (Lipinski definition) is 0. The molecule has 1 aliphatic rings. The van der Waals surface area contributed by atoms with Crippen molar-refractivity contribution in [2.75, 3.05) is 0 Å². The molecule has 0 aromatic rings. The largest absolute Gasteiger partial charge is 0.0625 e. The third kappa shape index (κ3) is 1.32. The van der Waals surface area contributed by atoms with Gasteiger partial charge in [-0.3, -0.25) is 0 Å². The highest BCUT2D eigenvalue weighted by molar-refractivity contribution is 4.93. The van der Waals surface area contributed by atoms with Crippen molar-refractivity contribution in [1.82, 2.24) is 0 Å². The van der Waals surface area contributed by atoms with Crippen LogP contribution in [0.5, 0.6) is 0 Å². The van der Waals surface area contributed by atoms with Gasteiger partial charge in [-0.15, -0.1) is 0 Å². The molecule has 1 rings (SSSR count). The zero-order valence-corrected chi connectivity index (χ0v) is 8.65.